The molecule has 0 bridgehead atoms. The lowest BCUT2D eigenvalue weighted by molar-refractivity contribution is 0.0663. The van der Waals surface area contributed by atoms with Crippen LogP contribution in [0.5, 0.6) is 0 Å². The molecule has 10 heteroatoms. The predicted molar refractivity (Wildman–Crippen MR) is 129 cm³/mol. The van der Waals surface area contributed by atoms with Gasteiger partial charge in [-0.15, -0.1) is 0 Å². The maximum atomic E-state index is 13.6. The molecule has 0 saturated carbocycles. The fourth-order valence-corrected chi connectivity index (χ4v) is 3.80. The highest BCUT2D eigenvalue weighted by atomic mass is 79.9. The fraction of sp³-hybridized carbons (Fsp3) is 0.182. The van der Waals surface area contributed by atoms with E-state index in [9.17, 15) is 4.79 Å². The Labute approximate surface area is 201 Å². The first-order chi connectivity index (χ1) is 15.3. The lowest BCUT2D eigenvalue weighted by Gasteiger charge is -2.28. The van der Waals surface area contributed by atoms with Crippen molar-refractivity contribution in [3.05, 3.63) is 80.6 Å². The number of hydrogen-bond acceptors (Lipinski definition) is 7. The molecule has 4 rings (SSSR count). The van der Waals surface area contributed by atoms with E-state index >= 15 is 0 Å². The van der Waals surface area contributed by atoms with E-state index in [4.69, 9.17) is 5.73 Å². The molecule has 1 amide bonds. The minimum Gasteiger partial charge on any atom is -0.383 e. The van der Waals surface area contributed by atoms with Gasteiger partial charge >= 0.3 is 0 Å². The Morgan fingerprint density at radius 2 is 1.84 bits per heavy atom. The summed E-state index contributed by atoms with van der Waals surface area (Å²) in [6, 6.07) is 8.73. The molecule has 4 aromatic rings. The molecular formula is C22H19Br2N7O. The van der Waals surface area contributed by atoms with Crippen LogP contribution < -0.4 is 5.73 Å². The van der Waals surface area contributed by atoms with Gasteiger partial charge in [0.15, 0.2) is 5.65 Å². The number of halogens is 2. The fourth-order valence-electron chi connectivity index (χ4n) is 3.24. The van der Waals surface area contributed by atoms with Gasteiger partial charge in [-0.2, -0.15) is 0 Å². The third-order valence-electron chi connectivity index (χ3n) is 4.99. The molecule has 0 aliphatic rings. The number of pyridine rings is 3. The van der Waals surface area contributed by atoms with Crippen LogP contribution in [0.25, 0.3) is 11.0 Å². The topological polar surface area (TPSA) is 111 Å². The molecule has 8 nitrogen and oxygen atoms in total. The van der Waals surface area contributed by atoms with Crippen molar-refractivity contribution in [1.82, 2.24) is 29.8 Å². The second-order valence-corrected chi connectivity index (χ2v) is 8.92. The highest BCUT2D eigenvalue weighted by molar-refractivity contribution is 9.10. The van der Waals surface area contributed by atoms with Crippen LogP contribution in [0.4, 0.5) is 5.82 Å². The maximum absolute atomic E-state index is 13.6. The zero-order valence-electron chi connectivity index (χ0n) is 17.3. The molecule has 1 atom stereocenters. The first-order valence-corrected chi connectivity index (χ1v) is 11.3. The van der Waals surface area contributed by atoms with Gasteiger partial charge in [-0.05, 0) is 76.0 Å². The normalized spacial score (nSPS) is 12.0. The van der Waals surface area contributed by atoms with E-state index in [1.54, 1.807) is 35.5 Å². The molecule has 32 heavy (non-hydrogen) atoms. The Kier molecular flexibility index (Phi) is 6.43. The largest absolute Gasteiger partial charge is 0.383 e. The third-order valence-corrected chi connectivity index (χ3v) is 6.47. The first-order valence-electron chi connectivity index (χ1n) is 9.75. The summed E-state index contributed by atoms with van der Waals surface area (Å²) in [4.78, 5) is 37.2. The van der Waals surface area contributed by atoms with Crippen molar-refractivity contribution in [2.45, 2.75) is 26.4 Å². The minimum absolute atomic E-state index is 0.213. The van der Waals surface area contributed by atoms with E-state index in [0.29, 0.717) is 32.7 Å². The number of fused-ring (bicyclic) bond motifs is 1. The summed E-state index contributed by atoms with van der Waals surface area (Å²) in [6.45, 7) is 4.09. The number of amides is 1. The van der Waals surface area contributed by atoms with Crippen LogP contribution in [0.1, 0.15) is 40.5 Å². The number of rotatable bonds is 5. The summed E-state index contributed by atoms with van der Waals surface area (Å²) < 4.78 is 1.56. The molecule has 0 radical (unpaired) electrons. The van der Waals surface area contributed by atoms with Gasteiger partial charge in [0, 0.05) is 28.4 Å². The van der Waals surface area contributed by atoms with Crippen molar-refractivity contribution in [1.29, 1.82) is 0 Å². The van der Waals surface area contributed by atoms with E-state index in [-0.39, 0.29) is 18.5 Å². The van der Waals surface area contributed by atoms with Crippen molar-refractivity contribution < 1.29 is 4.79 Å². The molecule has 0 aliphatic carbocycles. The summed E-state index contributed by atoms with van der Waals surface area (Å²) in [5.74, 6) is 0.674. The van der Waals surface area contributed by atoms with E-state index in [2.05, 4.69) is 56.8 Å². The number of nitrogens with zero attached hydrogens (tertiary/aromatic N) is 6. The van der Waals surface area contributed by atoms with Gasteiger partial charge < -0.3 is 10.6 Å². The average molecular weight is 557 g/mol. The van der Waals surface area contributed by atoms with Crippen molar-refractivity contribution in [2.75, 3.05) is 5.73 Å². The molecule has 0 aliphatic heterocycles. The molecule has 1 unspecified atom stereocenters. The number of carbonyl (C=O) groups excluding carboxylic acids is 1. The van der Waals surface area contributed by atoms with Gasteiger partial charge in [-0.3, -0.25) is 9.78 Å². The zero-order chi connectivity index (χ0) is 22.8. The first kappa shape index (κ1) is 22.2. The van der Waals surface area contributed by atoms with Crippen LogP contribution in [0.2, 0.25) is 0 Å². The molecule has 0 spiro atoms. The van der Waals surface area contributed by atoms with E-state index < -0.39 is 0 Å². The molecule has 0 saturated heterocycles. The van der Waals surface area contributed by atoms with Crippen LogP contribution in [0, 0.1) is 6.92 Å². The predicted octanol–water partition coefficient (Wildman–Crippen LogP) is 4.63. The Balaban J connectivity index is 1.74. The second-order valence-electron chi connectivity index (χ2n) is 7.21. The summed E-state index contributed by atoms with van der Waals surface area (Å²) in [7, 11) is 0. The van der Waals surface area contributed by atoms with Gasteiger partial charge in [0.1, 0.15) is 11.6 Å². The summed E-state index contributed by atoms with van der Waals surface area (Å²) >= 11 is 6.85. The van der Waals surface area contributed by atoms with E-state index in [0.717, 1.165) is 15.9 Å². The highest BCUT2D eigenvalue weighted by Crippen LogP contribution is 2.26. The molecular weight excluding hydrogens is 538 g/mol. The van der Waals surface area contributed by atoms with E-state index in [1.165, 1.54) is 6.20 Å². The van der Waals surface area contributed by atoms with Crippen molar-refractivity contribution in [3.8, 4) is 0 Å². The van der Waals surface area contributed by atoms with Crippen LogP contribution in [0.3, 0.4) is 0 Å². The van der Waals surface area contributed by atoms with Crippen LogP contribution in [0.15, 0.2) is 57.9 Å². The van der Waals surface area contributed by atoms with Gasteiger partial charge in [0.2, 0.25) is 0 Å². The number of aromatic nitrogens is 5. The summed E-state index contributed by atoms with van der Waals surface area (Å²) in [6.07, 6.45) is 4.83. The third kappa shape index (κ3) is 4.61. The molecule has 0 fully saturated rings. The lowest BCUT2D eigenvalue weighted by atomic mass is 10.1. The number of nitrogen functional groups attached to an aromatic ring is 1. The Bertz CT molecular complexity index is 1300. The molecule has 4 heterocycles. The molecule has 4 aromatic heterocycles. The number of carbonyl (C=O) groups is 1. The van der Waals surface area contributed by atoms with Gasteiger partial charge in [0.25, 0.3) is 5.91 Å². The molecule has 0 aromatic carbocycles. The minimum atomic E-state index is -0.388. The van der Waals surface area contributed by atoms with Gasteiger partial charge in [-0.25, -0.2) is 19.9 Å². The number of aryl methyl sites for hydroxylation is 1. The van der Waals surface area contributed by atoms with Crippen LogP contribution in [-0.2, 0) is 6.54 Å². The van der Waals surface area contributed by atoms with Crippen molar-refractivity contribution in [3.63, 3.8) is 0 Å². The number of nitrogens with two attached hydrogens (primary N) is 1. The monoisotopic (exact) mass is 555 g/mol. The zero-order valence-corrected chi connectivity index (χ0v) is 20.5. The van der Waals surface area contributed by atoms with E-state index in [1.807, 2.05) is 26.0 Å². The molecule has 2 N–H and O–H groups in total. The smallest absolute Gasteiger partial charge is 0.256 e. The Morgan fingerprint density at radius 3 is 2.56 bits per heavy atom. The van der Waals surface area contributed by atoms with Crippen LogP contribution in [-0.4, -0.2) is 35.7 Å². The molecule has 162 valence electrons. The van der Waals surface area contributed by atoms with Crippen LogP contribution >= 0.6 is 31.9 Å². The van der Waals surface area contributed by atoms with Crippen molar-refractivity contribution in [2.24, 2.45) is 0 Å². The maximum Gasteiger partial charge on any atom is 0.256 e. The number of anilines is 1. The van der Waals surface area contributed by atoms with Crippen molar-refractivity contribution >= 4 is 54.6 Å². The standard InChI is InChI=1S/C22H19Br2N7O/c1-12-17(23)5-4-16(29-12)11-31(13(2)20-26-6-3-7-27-20)22(32)15-8-14-9-18(24)19(25)30-21(14)28-10-15/h3-10,13H,11H2,1-2H3,(H2,25,28,30). The second kappa shape index (κ2) is 9.25. The lowest BCUT2D eigenvalue weighted by Crippen LogP contribution is -2.34. The SMILES string of the molecule is Cc1nc(CN(C(=O)c2cnc3nc(N)c(Br)cc3c2)C(C)c2ncccn2)ccc1Br. The summed E-state index contributed by atoms with van der Waals surface area (Å²) in [5.41, 5.74) is 8.35. The van der Waals surface area contributed by atoms with Gasteiger partial charge in [0.05, 0.1) is 34.0 Å². The number of hydrogen-bond donors (Lipinski definition) is 1. The average Bonchev–Trinajstić information content (AvgIpc) is 2.80. The summed E-state index contributed by atoms with van der Waals surface area (Å²) in [5, 5.41) is 0.707. The Hall–Kier alpha value is -2.98. The van der Waals surface area contributed by atoms with Gasteiger partial charge in [-0.1, -0.05) is 0 Å². The quantitative estimate of drug-likeness (QED) is 0.381. The Morgan fingerprint density at radius 1 is 1.09 bits per heavy atom. The highest BCUT2D eigenvalue weighted by Gasteiger charge is 2.26.